The molecule has 2 aromatic rings. The highest BCUT2D eigenvalue weighted by Crippen LogP contribution is 2.25. The number of rotatable bonds is 6. The van der Waals surface area contributed by atoms with Crippen molar-refractivity contribution < 1.29 is 22.7 Å². The Morgan fingerprint density at radius 2 is 1.75 bits per heavy atom. The summed E-state index contributed by atoms with van der Waals surface area (Å²) in [7, 11) is -0.960. The Morgan fingerprint density at radius 1 is 1.08 bits per heavy atom. The summed E-state index contributed by atoms with van der Waals surface area (Å²) in [5.74, 6) is 0.0550. The van der Waals surface area contributed by atoms with Crippen LogP contribution < -0.4 is 9.04 Å². The van der Waals surface area contributed by atoms with Crippen LogP contribution in [0.3, 0.4) is 0 Å². The third-order valence-electron chi connectivity index (χ3n) is 3.49. The van der Waals surface area contributed by atoms with E-state index in [0.717, 1.165) is 0 Å². The summed E-state index contributed by atoms with van der Waals surface area (Å²) in [6.45, 7) is 1.95. The van der Waals surface area contributed by atoms with Crippen LogP contribution >= 0.6 is 0 Å². The van der Waals surface area contributed by atoms with Gasteiger partial charge in [0.15, 0.2) is 0 Å². The largest absolute Gasteiger partial charge is 0.497 e. The van der Waals surface area contributed by atoms with Crippen LogP contribution in [0.5, 0.6) is 5.75 Å². The predicted octanol–water partition coefficient (Wildman–Crippen LogP) is 2.70. The lowest BCUT2D eigenvalue weighted by Crippen LogP contribution is -2.30. The van der Waals surface area contributed by atoms with Crippen molar-refractivity contribution >= 4 is 21.7 Å². The van der Waals surface area contributed by atoms with E-state index in [0.29, 0.717) is 17.0 Å². The number of hydrogen-bond donors (Lipinski definition) is 0. The zero-order valence-corrected chi connectivity index (χ0v) is 14.5. The van der Waals surface area contributed by atoms with Gasteiger partial charge < -0.3 is 9.47 Å². The lowest BCUT2D eigenvalue weighted by atomic mass is 10.2. The SMILES string of the molecule is CCN(c1cccc(C(=O)OC)c1)S(=O)(=O)c1ccc(OC)cc1. The fourth-order valence-corrected chi connectivity index (χ4v) is 3.74. The summed E-state index contributed by atoms with van der Waals surface area (Å²) >= 11 is 0. The summed E-state index contributed by atoms with van der Waals surface area (Å²) in [5.41, 5.74) is 0.689. The molecule has 0 unspecified atom stereocenters. The quantitative estimate of drug-likeness (QED) is 0.750. The number of benzene rings is 2. The van der Waals surface area contributed by atoms with Crippen molar-refractivity contribution in [1.82, 2.24) is 0 Å². The second-order valence-electron chi connectivity index (χ2n) is 4.89. The van der Waals surface area contributed by atoms with Gasteiger partial charge in [0.2, 0.25) is 0 Å². The second kappa shape index (κ2) is 7.35. The van der Waals surface area contributed by atoms with E-state index in [2.05, 4.69) is 4.74 Å². The minimum atomic E-state index is -3.75. The summed E-state index contributed by atoms with van der Waals surface area (Å²) in [6, 6.07) is 12.5. The van der Waals surface area contributed by atoms with Crippen LogP contribution in [0.1, 0.15) is 17.3 Å². The first-order chi connectivity index (χ1) is 11.4. The minimum absolute atomic E-state index is 0.147. The van der Waals surface area contributed by atoms with E-state index >= 15 is 0 Å². The molecule has 0 aromatic heterocycles. The molecule has 0 atom stereocenters. The number of nitrogens with zero attached hydrogens (tertiary/aromatic N) is 1. The maximum atomic E-state index is 12.9. The standard InChI is InChI=1S/C17H19NO5S/c1-4-18(14-7-5-6-13(12-14)17(19)23-3)24(20,21)16-10-8-15(22-2)9-11-16/h5-12H,4H2,1-3H3. The predicted molar refractivity (Wildman–Crippen MR) is 91.0 cm³/mol. The molecule has 6 nitrogen and oxygen atoms in total. The van der Waals surface area contributed by atoms with Crippen LogP contribution in [0.4, 0.5) is 5.69 Å². The Labute approximate surface area is 141 Å². The molecule has 0 radical (unpaired) electrons. The van der Waals surface area contributed by atoms with E-state index in [9.17, 15) is 13.2 Å². The summed E-state index contributed by atoms with van der Waals surface area (Å²) in [4.78, 5) is 11.8. The lowest BCUT2D eigenvalue weighted by Gasteiger charge is -2.23. The van der Waals surface area contributed by atoms with Crippen molar-refractivity contribution in [2.24, 2.45) is 0 Å². The van der Waals surface area contributed by atoms with Crippen molar-refractivity contribution in [2.45, 2.75) is 11.8 Å². The smallest absolute Gasteiger partial charge is 0.337 e. The van der Waals surface area contributed by atoms with Crippen LogP contribution in [0.15, 0.2) is 53.4 Å². The molecule has 2 rings (SSSR count). The molecule has 128 valence electrons. The second-order valence-corrected chi connectivity index (χ2v) is 6.75. The van der Waals surface area contributed by atoms with E-state index in [4.69, 9.17) is 4.74 Å². The zero-order valence-electron chi connectivity index (χ0n) is 13.7. The molecular weight excluding hydrogens is 330 g/mol. The first-order valence-corrected chi connectivity index (χ1v) is 8.73. The highest BCUT2D eigenvalue weighted by Gasteiger charge is 2.24. The number of hydrogen-bond acceptors (Lipinski definition) is 5. The molecule has 0 aliphatic carbocycles. The van der Waals surface area contributed by atoms with Crippen LogP contribution in [0.25, 0.3) is 0 Å². The number of methoxy groups -OCH3 is 2. The van der Waals surface area contributed by atoms with Crippen molar-refractivity contribution in [2.75, 3.05) is 25.1 Å². The maximum Gasteiger partial charge on any atom is 0.337 e. The van der Waals surface area contributed by atoms with Crippen molar-refractivity contribution in [3.8, 4) is 5.75 Å². The van der Waals surface area contributed by atoms with Crippen LogP contribution in [0.2, 0.25) is 0 Å². The molecule has 0 saturated carbocycles. The highest BCUT2D eigenvalue weighted by molar-refractivity contribution is 7.92. The van der Waals surface area contributed by atoms with Crippen molar-refractivity contribution in [3.05, 3.63) is 54.1 Å². The average molecular weight is 349 g/mol. The third kappa shape index (κ3) is 3.51. The summed E-state index contributed by atoms with van der Waals surface area (Å²) < 4.78 is 36.7. The van der Waals surface area contributed by atoms with Crippen LogP contribution in [-0.2, 0) is 14.8 Å². The number of carbonyl (C=O) groups is 1. The van der Waals surface area contributed by atoms with E-state index in [-0.39, 0.29) is 11.4 Å². The van der Waals surface area contributed by atoms with E-state index in [1.54, 1.807) is 37.3 Å². The Balaban J connectivity index is 2.44. The molecule has 0 spiro atoms. The number of ether oxygens (including phenoxy) is 2. The third-order valence-corrected chi connectivity index (χ3v) is 5.41. The first kappa shape index (κ1) is 17.8. The molecule has 7 heteroatoms. The molecule has 0 saturated heterocycles. The van der Waals surface area contributed by atoms with Gasteiger partial charge in [-0.15, -0.1) is 0 Å². The minimum Gasteiger partial charge on any atom is -0.497 e. The topological polar surface area (TPSA) is 72.9 Å². The molecule has 0 N–H and O–H groups in total. The van der Waals surface area contributed by atoms with E-state index in [1.165, 1.54) is 36.7 Å². The van der Waals surface area contributed by atoms with Gasteiger partial charge in [0.05, 0.1) is 30.4 Å². The highest BCUT2D eigenvalue weighted by atomic mass is 32.2. The number of esters is 1. The van der Waals surface area contributed by atoms with Gasteiger partial charge >= 0.3 is 5.97 Å². The van der Waals surface area contributed by atoms with Gasteiger partial charge in [-0.3, -0.25) is 4.31 Å². The Bertz CT molecular complexity index is 815. The number of anilines is 1. The van der Waals surface area contributed by atoms with E-state index < -0.39 is 16.0 Å². The van der Waals surface area contributed by atoms with Gasteiger partial charge in [-0.2, -0.15) is 0 Å². The molecule has 0 heterocycles. The first-order valence-electron chi connectivity index (χ1n) is 7.29. The molecular formula is C17H19NO5S. The molecule has 0 bridgehead atoms. The fraction of sp³-hybridized carbons (Fsp3) is 0.235. The molecule has 0 aliphatic rings. The fourth-order valence-electron chi connectivity index (χ4n) is 2.27. The molecule has 0 aliphatic heterocycles. The molecule has 0 amide bonds. The van der Waals surface area contributed by atoms with Gasteiger partial charge in [-0.05, 0) is 49.4 Å². The summed E-state index contributed by atoms with van der Waals surface area (Å²) in [5, 5.41) is 0. The maximum absolute atomic E-state index is 12.9. The Hall–Kier alpha value is -2.54. The Kier molecular flexibility index (Phi) is 5.46. The van der Waals surface area contributed by atoms with E-state index in [1.807, 2.05) is 0 Å². The average Bonchev–Trinajstić information content (AvgIpc) is 2.61. The summed E-state index contributed by atoms with van der Waals surface area (Å²) in [6.07, 6.45) is 0. The number of sulfonamides is 1. The van der Waals surface area contributed by atoms with Crippen molar-refractivity contribution in [1.29, 1.82) is 0 Å². The van der Waals surface area contributed by atoms with Gasteiger partial charge in [0.25, 0.3) is 10.0 Å². The van der Waals surface area contributed by atoms with Crippen LogP contribution in [0, 0.1) is 0 Å². The zero-order chi connectivity index (χ0) is 17.7. The van der Waals surface area contributed by atoms with Crippen LogP contribution in [-0.4, -0.2) is 35.2 Å². The normalized spacial score (nSPS) is 11.0. The molecule has 24 heavy (non-hydrogen) atoms. The van der Waals surface area contributed by atoms with Gasteiger partial charge in [-0.25, -0.2) is 13.2 Å². The molecule has 0 fully saturated rings. The van der Waals surface area contributed by atoms with Gasteiger partial charge in [0.1, 0.15) is 5.75 Å². The number of carbonyl (C=O) groups excluding carboxylic acids is 1. The lowest BCUT2D eigenvalue weighted by molar-refractivity contribution is 0.0600. The van der Waals surface area contributed by atoms with Gasteiger partial charge in [0, 0.05) is 6.54 Å². The van der Waals surface area contributed by atoms with Crippen molar-refractivity contribution in [3.63, 3.8) is 0 Å². The monoisotopic (exact) mass is 349 g/mol. The Morgan fingerprint density at radius 3 is 2.29 bits per heavy atom. The van der Waals surface area contributed by atoms with Gasteiger partial charge in [-0.1, -0.05) is 6.07 Å². The molecule has 2 aromatic carbocycles.